The lowest BCUT2D eigenvalue weighted by atomic mass is 10.00. The molecule has 1 aromatic heterocycles. The third-order valence-electron chi connectivity index (χ3n) is 4.44. The van der Waals surface area contributed by atoms with Crippen LogP contribution < -0.4 is 18.9 Å². The maximum absolute atomic E-state index is 12.4. The lowest BCUT2D eigenvalue weighted by molar-refractivity contribution is 0.0597. The van der Waals surface area contributed by atoms with Crippen LogP contribution in [0.2, 0.25) is 0 Å². The smallest absolute Gasteiger partial charge is 0.342 e. The molecule has 3 heterocycles. The van der Waals surface area contributed by atoms with Gasteiger partial charge >= 0.3 is 5.97 Å². The van der Waals surface area contributed by atoms with E-state index in [-0.39, 0.29) is 13.6 Å². The third-order valence-corrected chi connectivity index (χ3v) is 4.44. The second-order valence-corrected chi connectivity index (χ2v) is 5.80. The Hall–Kier alpha value is -3.48. The number of pyridine rings is 1. The minimum Gasteiger partial charge on any atom is -0.465 e. The van der Waals surface area contributed by atoms with Crippen LogP contribution in [-0.2, 0) is 4.74 Å². The number of hydrogen-bond acceptors (Lipinski definition) is 7. The van der Waals surface area contributed by atoms with Crippen molar-refractivity contribution in [2.24, 2.45) is 0 Å². The second kappa shape index (κ2) is 5.52. The molecule has 26 heavy (non-hydrogen) atoms. The fourth-order valence-electron chi connectivity index (χ4n) is 3.22. The molecule has 0 saturated carbocycles. The molecule has 2 aliphatic rings. The topological polar surface area (TPSA) is 76.1 Å². The Bertz CT molecular complexity index is 1060. The zero-order valence-electron chi connectivity index (χ0n) is 13.8. The van der Waals surface area contributed by atoms with E-state index < -0.39 is 5.97 Å². The highest BCUT2D eigenvalue weighted by molar-refractivity contribution is 6.02. The van der Waals surface area contributed by atoms with Crippen LogP contribution in [0.25, 0.3) is 22.0 Å². The van der Waals surface area contributed by atoms with Crippen molar-refractivity contribution in [2.75, 3.05) is 20.7 Å². The lowest BCUT2D eigenvalue weighted by Crippen LogP contribution is -2.06. The number of carbonyl (C=O) groups is 1. The molecule has 0 spiro atoms. The molecule has 0 radical (unpaired) electrons. The first-order valence-electron chi connectivity index (χ1n) is 7.96. The highest BCUT2D eigenvalue weighted by Crippen LogP contribution is 2.43. The van der Waals surface area contributed by atoms with E-state index in [0.717, 1.165) is 10.8 Å². The van der Waals surface area contributed by atoms with E-state index in [2.05, 4.69) is 4.98 Å². The molecule has 0 atom stereocenters. The quantitative estimate of drug-likeness (QED) is 0.657. The maximum Gasteiger partial charge on any atom is 0.342 e. The van der Waals surface area contributed by atoms with Gasteiger partial charge in [0.05, 0.1) is 12.8 Å². The number of benzene rings is 2. The van der Waals surface area contributed by atoms with Gasteiger partial charge in [-0.25, -0.2) is 4.79 Å². The van der Waals surface area contributed by atoms with Gasteiger partial charge in [0.15, 0.2) is 23.0 Å². The number of hydrogen-bond donors (Lipinski definition) is 0. The SMILES string of the molecule is COC(=O)c1c(-c2cc3c4c(ccc3cn2)OCO4)ccc2c1OCO2. The summed E-state index contributed by atoms with van der Waals surface area (Å²) < 4.78 is 26.8. The van der Waals surface area contributed by atoms with Crippen molar-refractivity contribution in [3.63, 3.8) is 0 Å². The summed E-state index contributed by atoms with van der Waals surface area (Å²) in [5.41, 5.74) is 1.48. The number of esters is 1. The van der Waals surface area contributed by atoms with Gasteiger partial charge in [-0.1, -0.05) is 0 Å². The van der Waals surface area contributed by atoms with Crippen molar-refractivity contribution < 1.29 is 28.5 Å². The Morgan fingerprint density at radius 3 is 2.54 bits per heavy atom. The molecule has 5 rings (SSSR count). The molecule has 0 aliphatic carbocycles. The van der Waals surface area contributed by atoms with Crippen LogP contribution in [0.5, 0.6) is 23.0 Å². The first kappa shape index (κ1) is 14.8. The molecule has 0 saturated heterocycles. The third kappa shape index (κ3) is 2.07. The summed E-state index contributed by atoms with van der Waals surface area (Å²) >= 11 is 0. The molecule has 3 aromatic rings. The van der Waals surface area contributed by atoms with Crippen molar-refractivity contribution in [1.29, 1.82) is 0 Å². The van der Waals surface area contributed by atoms with Crippen LogP contribution in [0.15, 0.2) is 36.5 Å². The zero-order valence-corrected chi connectivity index (χ0v) is 13.8. The Morgan fingerprint density at radius 2 is 1.73 bits per heavy atom. The summed E-state index contributed by atoms with van der Waals surface area (Å²) in [4.78, 5) is 16.9. The number of carbonyl (C=O) groups excluding carboxylic acids is 1. The van der Waals surface area contributed by atoms with Crippen LogP contribution in [0.4, 0.5) is 0 Å². The van der Waals surface area contributed by atoms with Gasteiger partial charge in [-0.15, -0.1) is 0 Å². The van der Waals surface area contributed by atoms with Gasteiger partial charge < -0.3 is 23.7 Å². The summed E-state index contributed by atoms with van der Waals surface area (Å²) in [5.74, 6) is 1.73. The van der Waals surface area contributed by atoms with Gasteiger partial charge in [-0.2, -0.15) is 0 Å². The molecule has 130 valence electrons. The van der Waals surface area contributed by atoms with Crippen molar-refractivity contribution in [3.05, 3.63) is 42.1 Å². The molecule has 0 bridgehead atoms. The normalized spacial score (nSPS) is 13.9. The predicted molar refractivity (Wildman–Crippen MR) is 90.8 cm³/mol. The maximum atomic E-state index is 12.4. The number of fused-ring (bicyclic) bond motifs is 4. The number of aromatic nitrogens is 1. The number of ether oxygens (including phenoxy) is 5. The summed E-state index contributed by atoms with van der Waals surface area (Å²) in [5, 5.41) is 1.77. The van der Waals surface area contributed by atoms with E-state index in [1.165, 1.54) is 7.11 Å². The highest BCUT2D eigenvalue weighted by Gasteiger charge is 2.28. The van der Waals surface area contributed by atoms with E-state index >= 15 is 0 Å². The van der Waals surface area contributed by atoms with E-state index in [4.69, 9.17) is 23.7 Å². The molecule has 0 fully saturated rings. The van der Waals surface area contributed by atoms with E-state index in [1.807, 2.05) is 18.2 Å². The Morgan fingerprint density at radius 1 is 1.00 bits per heavy atom. The van der Waals surface area contributed by atoms with Crippen LogP contribution >= 0.6 is 0 Å². The molecule has 7 nitrogen and oxygen atoms in total. The van der Waals surface area contributed by atoms with Crippen LogP contribution in [-0.4, -0.2) is 31.6 Å². The molecular weight excluding hydrogens is 338 g/mol. The minimum atomic E-state index is -0.512. The molecule has 7 heteroatoms. The zero-order chi connectivity index (χ0) is 17.7. The van der Waals surface area contributed by atoms with Gasteiger partial charge in [-0.05, 0) is 30.3 Å². The van der Waals surface area contributed by atoms with Gasteiger partial charge in [0.25, 0.3) is 0 Å². The summed E-state index contributed by atoms with van der Waals surface area (Å²) in [7, 11) is 1.33. The largest absolute Gasteiger partial charge is 0.465 e. The molecule has 0 amide bonds. The van der Waals surface area contributed by atoms with Gasteiger partial charge in [0, 0.05) is 22.5 Å². The number of rotatable bonds is 2. The van der Waals surface area contributed by atoms with Crippen molar-refractivity contribution in [2.45, 2.75) is 0 Å². The molecule has 0 unspecified atom stereocenters. The number of methoxy groups -OCH3 is 1. The Labute approximate surface area is 148 Å². The summed E-state index contributed by atoms with van der Waals surface area (Å²) in [6, 6.07) is 9.17. The average Bonchev–Trinajstić information content (AvgIpc) is 3.35. The van der Waals surface area contributed by atoms with Crippen molar-refractivity contribution in [1.82, 2.24) is 4.98 Å². The molecule has 2 aromatic carbocycles. The van der Waals surface area contributed by atoms with Crippen LogP contribution in [0, 0.1) is 0 Å². The van der Waals surface area contributed by atoms with Gasteiger partial charge in [-0.3, -0.25) is 4.98 Å². The minimum absolute atomic E-state index is 0.0621. The Kier molecular flexibility index (Phi) is 3.15. The number of nitrogens with zero attached hydrogens (tertiary/aromatic N) is 1. The Balaban J connectivity index is 1.75. The summed E-state index contributed by atoms with van der Waals surface area (Å²) in [6.45, 7) is 0.246. The van der Waals surface area contributed by atoms with Gasteiger partial charge in [0.1, 0.15) is 5.56 Å². The monoisotopic (exact) mass is 351 g/mol. The fraction of sp³-hybridized carbons (Fsp3) is 0.158. The first-order chi connectivity index (χ1) is 12.8. The van der Waals surface area contributed by atoms with E-state index in [1.54, 1.807) is 18.3 Å². The second-order valence-electron chi connectivity index (χ2n) is 5.80. The van der Waals surface area contributed by atoms with E-state index in [9.17, 15) is 4.79 Å². The van der Waals surface area contributed by atoms with Crippen LogP contribution in [0.1, 0.15) is 10.4 Å². The molecule has 0 N–H and O–H groups in total. The lowest BCUT2D eigenvalue weighted by Gasteiger charge is -2.11. The molecule has 2 aliphatic heterocycles. The highest BCUT2D eigenvalue weighted by atomic mass is 16.7. The standard InChI is InChI=1S/C19H13NO6/c1-22-19(21)16-11(3-5-15-18(16)26-9-24-15)13-6-12-10(7-20-13)2-4-14-17(12)25-8-23-14/h2-7H,8-9H2,1H3. The predicted octanol–water partition coefficient (Wildman–Crippen LogP) is 3.15. The van der Waals surface area contributed by atoms with Crippen LogP contribution in [0.3, 0.4) is 0 Å². The average molecular weight is 351 g/mol. The summed E-state index contributed by atoms with van der Waals surface area (Å²) in [6.07, 6.45) is 1.73. The van der Waals surface area contributed by atoms with Crippen molar-refractivity contribution >= 4 is 16.7 Å². The van der Waals surface area contributed by atoms with Crippen molar-refractivity contribution in [3.8, 4) is 34.3 Å². The van der Waals surface area contributed by atoms with E-state index in [0.29, 0.717) is 39.8 Å². The molecular formula is C19H13NO6. The fourth-order valence-corrected chi connectivity index (χ4v) is 3.22. The van der Waals surface area contributed by atoms with Gasteiger partial charge in [0.2, 0.25) is 13.6 Å². The first-order valence-corrected chi connectivity index (χ1v) is 7.96.